The van der Waals surface area contributed by atoms with Gasteiger partial charge in [-0.25, -0.2) is 0 Å². The van der Waals surface area contributed by atoms with Crippen molar-refractivity contribution in [2.75, 3.05) is 45.1 Å². The summed E-state index contributed by atoms with van der Waals surface area (Å²) in [5, 5.41) is 10.3. The molecule has 196 valence electrons. The minimum atomic E-state index is -4.76. The lowest BCUT2D eigenvalue weighted by Gasteiger charge is -2.18. The van der Waals surface area contributed by atoms with Gasteiger partial charge in [0.15, 0.2) is 0 Å². The first kappa shape index (κ1) is 25.9. The summed E-state index contributed by atoms with van der Waals surface area (Å²) >= 11 is 0. The number of nitrogens with zero attached hydrogens (tertiary/aromatic N) is 2. The van der Waals surface area contributed by atoms with Crippen LogP contribution in [-0.4, -0.2) is 50.2 Å². The van der Waals surface area contributed by atoms with Gasteiger partial charge in [0, 0.05) is 36.0 Å². The smallest absolute Gasteiger partial charge is 0.418 e. The second kappa shape index (κ2) is 10.4. The van der Waals surface area contributed by atoms with E-state index in [0.717, 1.165) is 10.7 Å². The summed E-state index contributed by atoms with van der Waals surface area (Å²) in [7, 11) is 4.20. The molecule has 0 saturated carbocycles. The molecule has 9 nitrogen and oxygen atoms in total. The molecule has 37 heavy (non-hydrogen) atoms. The van der Waals surface area contributed by atoms with Crippen molar-refractivity contribution in [1.29, 1.82) is 0 Å². The second-order valence-electron chi connectivity index (χ2n) is 8.18. The van der Waals surface area contributed by atoms with Crippen molar-refractivity contribution in [3.8, 4) is 28.4 Å². The predicted molar refractivity (Wildman–Crippen MR) is 131 cm³/mol. The Kier molecular flexibility index (Phi) is 7.28. The standard InChI is InChI=1S/C25H25F3N4O5/c1-35-16-10-14(11-17(13-16)36-2)22-18-6-8-30-23(18)24(34)32(31-22)20-12-15(29-9-7-21(33)37-3)4-5-19(20)25(26,27)28/h4-5,10-13,29-30H,6-9H2,1-3H3. The number of hydrogen-bond donors (Lipinski definition) is 2. The van der Waals surface area contributed by atoms with Crippen molar-refractivity contribution in [3.05, 3.63) is 57.9 Å². The number of benzene rings is 2. The number of anilines is 2. The number of carbonyl (C=O) groups is 1. The number of esters is 1. The van der Waals surface area contributed by atoms with Gasteiger partial charge >= 0.3 is 12.1 Å². The van der Waals surface area contributed by atoms with E-state index in [4.69, 9.17) is 9.47 Å². The van der Waals surface area contributed by atoms with Gasteiger partial charge in [0.05, 0.1) is 44.7 Å². The van der Waals surface area contributed by atoms with E-state index in [0.29, 0.717) is 41.3 Å². The van der Waals surface area contributed by atoms with E-state index < -0.39 is 29.0 Å². The molecule has 2 aromatic carbocycles. The van der Waals surface area contributed by atoms with Crippen LogP contribution in [0.1, 0.15) is 17.5 Å². The molecular weight excluding hydrogens is 493 g/mol. The first-order valence-corrected chi connectivity index (χ1v) is 11.3. The first-order chi connectivity index (χ1) is 17.7. The number of halogens is 3. The maximum atomic E-state index is 14.0. The van der Waals surface area contributed by atoms with E-state index in [-0.39, 0.29) is 24.3 Å². The van der Waals surface area contributed by atoms with E-state index in [1.54, 1.807) is 18.2 Å². The third-order valence-electron chi connectivity index (χ3n) is 5.91. The van der Waals surface area contributed by atoms with Crippen LogP contribution in [0.3, 0.4) is 0 Å². The summed E-state index contributed by atoms with van der Waals surface area (Å²) in [6.07, 6.45) is -4.28. The number of carbonyl (C=O) groups excluding carboxylic acids is 1. The van der Waals surface area contributed by atoms with Crippen LogP contribution < -0.4 is 25.7 Å². The predicted octanol–water partition coefficient (Wildman–Crippen LogP) is 3.88. The van der Waals surface area contributed by atoms with Crippen molar-refractivity contribution >= 4 is 17.3 Å². The molecule has 0 unspecified atom stereocenters. The van der Waals surface area contributed by atoms with Gasteiger partial charge < -0.3 is 24.8 Å². The van der Waals surface area contributed by atoms with E-state index in [1.165, 1.54) is 33.5 Å². The molecule has 0 fully saturated rings. The Balaban J connectivity index is 1.90. The lowest BCUT2D eigenvalue weighted by molar-refractivity contribution is -0.140. The van der Waals surface area contributed by atoms with Gasteiger partial charge in [0.2, 0.25) is 0 Å². The van der Waals surface area contributed by atoms with E-state index in [2.05, 4.69) is 20.5 Å². The van der Waals surface area contributed by atoms with Crippen LogP contribution in [0.15, 0.2) is 41.2 Å². The normalized spacial score (nSPS) is 12.5. The van der Waals surface area contributed by atoms with Crippen LogP contribution >= 0.6 is 0 Å². The number of ether oxygens (including phenoxy) is 3. The average Bonchev–Trinajstić information content (AvgIpc) is 3.38. The molecule has 0 atom stereocenters. The first-order valence-electron chi connectivity index (χ1n) is 11.3. The second-order valence-corrected chi connectivity index (χ2v) is 8.18. The highest BCUT2D eigenvalue weighted by atomic mass is 19.4. The maximum Gasteiger partial charge on any atom is 0.418 e. The summed E-state index contributed by atoms with van der Waals surface area (Å²) in [6, 6.07) is 8.30. The fourth-order valence-electron chi connectivity index (χ4n) is 4.10. The molecule has 1 aliphatic heterocycles. The number of methoxy groups -OCH3 is 3. The molecule has 3 aromatic rings. The topological polar surface area (TPSA) is 104 Å². The Labute approximate surface area is 210 Å². The zero-order valence-electron chi connectivity index (χ0n) is 20.4. The average molecular weight is 518 g/mol. The molecule has 0 amide bonds. The third-order valence-corrected chi connectivity index (χ3v) is 5.91. The molecule has 0 aliphatic carbocycles. The number of rotatable bonds is 8. The van der Waals surface area contributed by atoms with Gasteiger partial charge in [-0.2, -0.15) is 23.0 Å². The number of nitrogens with one attached hydrogen (secondary N) is 2. The van der Waals surface area contributed by atoms with Gasteiger partial charge in [0.25, 0.3) is 5.56 Å². The molecule has 4 rings (SSSR count). The summed E-state index contributed by atoms with van der Waals surface area (Å²) < 4.78 is 58.1. The molecule has 0 saturated heterocycles. The molecule has 1 aliphatic rings. The van der Waals surface area contributed by atoms with Crippen LogP contribution in [-0.2, 0) is 22.1 Å². The Hall–Kier alpha value is -4.22. The molecule has 2 heterocycles. The van der Waals surface area contributed by atoms with Crippen LogP contribution in [0.2, 0.25) is 0 Å². The minimum Gasteiger partial charge on any atom is -0.497 e. The Morgan fingerprint density at radius 3 is 2.43 bits per heavy atom. The molecule has 0 radical (unpaired) electrons. The number of aromatic nitrogens is 2. The summed E-state index contributed by atoms with van der Waals surface area (Å²) in [5.41, 5.74) is -0.288. The Bertz CT molecular complexity index is 1370. The monoisotopic (exact) mass is 518 g/mol. The van der Waals surface area contributed by atoms with Crippen molar-refractivity contribution < 1.29 is 32.2 Å². The molecule has 0 bridgehead atoms. The Morgan fingerprint density at radius 2 is 1.81 bits per heavy atom. The van der Waals surface area contributed by atoms with Gasteiger partial charge in [0.1, 0.15) is 17.2 Å². The van der Waals surface area contributed by atoms with Crippen molar-refractivity contribution in [1.82, 2.24) is 9.78 Å². The van der Waals surface area contributed by atoms with Crippen molar-refractivity contribution in [2.45, 2.75) is 19.0 Å². The summed E-state index contributed by atoms with van der Waals surface area (Å²) in [4.78, 5) is 24.8. The number of alkyl halides is 3. The van der Waals surface area contributed by atoms with Crippen molar-refractivity contribution in [2.24, 2.45) is 0 Å². The maximum absolute atomic E-state index is 14.0. The highest BCUT2D eigenvalue weighted by molar-refractivity contribution is 5.74. The lowest BCUT2D eigenvalue weighted by atomic mass is 10.0. The molecule has 2 N–H and O–H groups in total. The van der Waals surface area contributed by atoms with Gasteiger partial charge in [-0.05, 0) is 36.8 Å². The summed E-state index contributed by atoms with van der Waals surface area (Å²) in [5.74, 6) is 0.448. The highest BCUT2D eigenvalue weighted by Crippen LogP contribution is 2.37. The number of hydrogen-bond acceptors (Lipinski definition) is 8. The molecule has 12 heteroatoms. The quantitative estimate of drug-likeness (QED) is 0.433. The highest BCUT2D eigenvalue weighted by Gasteiger charge is 2.35. The zero-order chi connectivity index (χ0) is 26.7. The SMILES string of the molecule is COC(=O)CCNc1ccc(C(F)(F)F)c(-n2nc(-c3cc(OC)cc(OC)c3)c3c(c2=O)NCC3)c1. The summed E-state index contributed by atoms with van der Waals surface area (Å²) in [6.45, 7) is 0.562. The van der Waals surface area contributed by atoms with Gasteiger partial charge in [-0.1, -0.05) is 0 Å². The largest absolute Gasteiger partial charge is 0.497 e. The fourth-order valence-corrected chi connectivity index (χ4v) is 4.10. The van der Waals surface area contributed by atoms with E-state index in [9.17, 15) is 22.8 Å². The van der Waals surface area contributed by atoms with Crippen LogP contribution in [0.5, 0.6) is 11.5 Å². The van der Waals surface area contributed by atoms with E-state index in [1.807, 2.05) is 0 Å². The Morgan fingerprint density at radius 1 is 1.11 bits per heavy atom. The van der Waals surface area contributed by atoms with Gasteiger partial charge in [-0.15, -0.1) is 0 Å². The molecule has 1 aromatic heterocycles. The van der Waals surface area contributed by atoms with Crippen LogP contribution in [0.25, 0.3) is 16.9 Å². The van der Waals surface area contributed by atoms with E-state index >= 15 is 0 Å². The number of fused-ring (bicyclic) bond motifs is 1. The van der Waals surface area contributed by atoms with Crippen molar-refractivity contribution in [3.63, 3.8) is 0 Å². The fraction of sp³-hybridized carbons (Fsp3) is 0.320. The lowest BCUT2D eigenvalue weighted by Crippen LogP contribution is -2.27. The van der Waals surface area contributed by atoms with Gasteiger partial charge in [-0.3, -0.25) is 9.59 Å². The third kappa shape index (κ3) is 5.32. The molecular formula is C25H25F3N4O5. The minimum absolute atomic E-state index is 0.00956. The van der Waals surface area contributed by atoms with Crippen LogP contribution in [0, 0.1) is 0 Å². The molecule has 0 spiro atoms. The zero-order valence-corrected chi connectivity index (χ0v) is 20.4. The van der Waals surface area contributed by atoms with Crippen LogP contribution in [0.4, 0.5) is 24.5 Å².